The predicted octanol–water partition coefficient (Wildman–Crippen LogP) is 4.47. The van der Waals surface area contributed by atoms with Gasteiger partial charge in [-0.25, -0.2) is 0 Å². The average Bonchev–Trinajstić information content (AvgIpc) is 2.25. The second-order valence-electron chi connectivity index (χ2n) is 4.61. The van der Waals surface area contributed by atoms with Crippen LogP contribution in [-0.2, 0) is 9.53 Å². The zero-order valence-corrected chi connectivity index (χ0v) is 11.3. The van der Waals surface area contributed by atoms with E-state index in [2.05, 4.69) is 13.8 Å². The molecule has 0 aromatic rings. The van der Waals surface area contributed by atoms with E-state index in [4.69, 9.17) is 4.74 Å². The summed E-state index contributed by atoms with van der Waals surface area (Å²) in [5.41, 5.74) is 0. The first-order chi connectivity index (χ1) is 7.70. The van der Waals surface area contributed by atoms with Gasteiger partial charge in [-0.15, -0.1) is 0 Å². The Balaban J connectivity index is 3.39. The fourth-order valence-corrected chi connectivity index (χ4v) is 1.72. The molecule has 0 fully saturated rings. The molecule has 96 valence electrons. The van der Waals surface area contributed by atoms with E-state index in [1.54, 1.807) is 0 Å². The summed E-state index contributed by atoms with van der Waals surface area (Å²) in [7, 11) is 0. The van der Waals surface area contributed by atoms with Crippen molar-refractivity contribution in [3.8, 4) is 0 Å². The number of carbonyl (C=O) groups is 1. The first-order valence-electron chi connectivity index (χ1n) is 6.90. The van der Waals surface area contributed by atoms with E-state index in [1.807, 2.05) is 6.92 Å². The molecule has 2 nitrogen and oxygen atoms in total. The molecular formula is C14H28O2. The Kier molecular flexibility index (Phi) is 10.6. The third-order valence-electron chi connectivity index (χ3n) is 2.78. The van der Waals surface area contributed by atoms with Gasteiger partial charge in [0.1, 0.15) is 0 Å². The normalized spacial score (nSPS) is 12.4. The Hall–Kier alpha value is -0.530. The highest BCUT2D eigenvalue weighted by Crippen LogP contribution is 2.09. The minimum atomic E-state index is -0.0138. The summed E-state index contributed by atoms with van der Waals surface area (Å²) in [5, 5.41) is 0. The second kappa shape index (κ2) is 11.0. The quantitative estimate of drug-likeness (QED) is 0.407. The van der Waals surface area contributed by atoms with E-state index in [0.717, 1.165) is 19.3 Å². The van der Waals surface area contributed by atoms with Gasteiger partial charge in [0.2, 0.25) is 0 Å². The summed E-state index contributed by atoms with van der Waals surface area (Å²) in [6.07, 6.45) is 9.89. The smallest absolute Gasteiger partial charge is 0.306 e. The molecule has 16 heavy (non-hydrogen) atoms. The van der Waals surface area contributed by atoms with Crippen molar-refractivity contribution in [1.29, 1.82) is 0 Å². The standard InChI is InChI=1S/C14H28O2/c1-4-6-8-10-12-14(15)16-13(3)11-9-7-5-2/h13H,4-12H2,1-3H3/t13-/m1/s1. The van der Waals surface area contributed by atoms with Gasteiger partial charge in [-0.05, 0) is 26.2 Å². The van der Waals surface area contributed by atoms with Gasteiger partial charge in [-0.2, -0.15) is 0 Å². The summed E-state index contributed by atoms with van der Waals surface area (Å²) in [4.78, 5) is 11.4. The van der Waals surface area contributed by atoms with Crippen molar-refractivity contribution in [2.24, 2.45) is 0 Å². The molecule has 0 aliphatic heterocycles. The molecule has 0 aliphatic rings. The van der Waals surface area contributed by atoms with Gasteiger partial charge < -0.3 is 4.74 Å². The molecule has 0 radical (unpaired) electrons. The number of esters is 1. The van der Waals surface area contributed by atoms with Crippen molar-refractivity contribution in [3.63, 3.8) is 0 Å². The first kappa shape index (κ1) is 15.5. The lowest BCUT2D eigenvalue weighted by atomic mass is 10.1. The summed E-state index contributed by atoms with van der Waals surface area (Å²) in [6, 6.07) is 0. The average molecular weight is 228 g/mol. The summed E-state index contributed by atoms with van der Waals surface area (Å²) in [6.45, 7) is 6.36. The van der Waals surface area contributed by atoms with Crippen LogP contribution in [0.15, 0.2) is 0 Å². The lowest BCUT2D eigenvalue weighted by Gasteiger charge is -2.12. The van der Waals surface area contributed by atoms with Crippen LogP contribution in [0, 0.1) is 0 Å². The van der Waals surface area contributed by atoms with E-state index in [0.29, 0.717) is 6.42 Å². The maximum Gasteiger partial charge on any atom is 0.306 e. The van der Waals surface area contributed by atoms with Crippen LogP contribution in [0.25, 0.3) is 0 Å². The highest BCUT2D eigenvalue weighted by Gasteiger charge is 2.08. The molecular weight excluding hydrogens is 200 g/mol. The number of hydrogen-bond donors (Lipinski definition) is 0. The van der Waals surface area contributed by atoms with E-state index < -0.39 is 0 Å². The number of rotatable bonds is 10. The minimum Gasteiger partial charge on any atom is -0.463 e. The monoisotopic (exact) mass is 228 g/mol. The summed E-state index contributed by atoms with van der Waals surface area (Å²) < 4.78 is 5.34. The molecule has 0 aliphatic carbocycles. The van der Waals surface area contributed by atoms with Crippen LogP contribution in [-0.4, -0.2) is 12.1 Å². The van der Waals surface area contributed by atoms with Crippen molar-refractivity contribution in [3.05, 3.63) is 0 Å². The second-order valence-corrected chi connectivity index (χ2v) is 4.61. The van der Waals surface area contributed by atoms with Crippen molar-refractivity contribution in [2.45, 2.75) is 84.7 Å². The van der Waals surface area contributed by atoms with Crippen molar-refractivity contribution in [2.75, 3.05) is 0 Å². The number of unbranched alkanes of at least 4 members (excludes halogenated alkanes) is 5. The Morgan fingerprint density at radius 2 is 1.62 bits per heavy atom. The number of hydrogen-bond acceptors (Lipinski definition) is 2. The van der Waals surface area contributed by atoms with Gasteiger partial charge in [-0.3, -0.25) is 4.79 Å². The lowest BCUT2D eigenvalue weighted by Crippen LogP contribution is -2.14. The molecule has 0 N–H and O–H groups in total. The number of carbonyl (C=O) groups excluding carboxylic acids is 1. The highest BCUT2D eigenvalue weighted by molar-refractivity contribution is 5.69. The molecule has 0 spiro atoms. The Labute approximate surface area is 101 Å². The molecule has 2 heteroatoms. The van der Waals surface area contributed by atoms with Gasteiger partial charge in [0.25, 0.3) is 0 Å². The van der Waals surface area contributed by atoms with Crippen molar-refractivity contribution >= 4 is 5.97 Å². The van der Waals surface area contributed by atoms with E-state index in [9.17, 15) is 4.79 Å². The van der Waals surface area contributed by atoms with Crippen LogP contribution in [0.5, 0.6) is 0 Å². The Bertz CT molecular complexity index is 166. The van der Waals surface area contributed by atoms with E-state index in [-0.39, 0.29) is 12.1 Å². The first-order valence-corrected chi connectivity index (χ1v) is 6.90. The SMILES string of the molecule is CCCCCCC(=O)O[C@H](C)CCCCC. The van der Waals surface area contributed by atoms with Crippen LogP contribution < -0.4 is 0 Å². The molecule has 0 saturated carbocycles. The maximum atomic E-state index is 11.4. The third-order valence-corrected chi connectivity index (χ3v) is 2.78. The Morgan fingerprint density at radius 3 is 2.25 bits per heavy atom. The van der Waals surface area contributed by atoms with Crippen LogP contribution in [0.4, 0.5) is 0 Å². The van der Waals surface area contributed by atoms with Crippen LogP contribution in [0.2, 0.25) is 0 Å². The van der Waals surface area contributed by atoms with E-state index in [1.165, 1.54) is 32.1 Å². The van der Waals surface area contributed by atoms with Crippen molar-refractivity contribution in [1.82, 2.24) is 0 Å². The van der Waals surface area contributed by atoms with Crippen LogP contribution in [0.1, 0.15) is 78.6 Å². The maximum absolute atomic E-state index is 11.4. The Morgan fingerprint density at radius 1 is 1.00 bits per heavy atom. The molecule has 0 amide bonds. The molecule has 0 rings (SSSR count). The molecule has 0 unspecified atom stereocenters. The van der Waals surface area contributed by atoms with Gasteiger partial charge >= 0.3 is 5.97 Å². The van der Waals surface area contributed by atoms with Gasteiger partial charge in [-0.1, -0.05) is 46.0 Å². The molecule has 0 aromatic carbocycles. The fourth-order valence-electron chi connectivity index (χ4n) is 1.72. The molecule has 0 heterocycles. The lowest BCUT2D eigenvalue weighted by molar-refractivity contribution is -0.148. The molecule has 0 saturated heterocycles. The molecule has 1 atom stereocenters. The number of ether oxygens (including phenoxy) is 1. The summed E-state index contributed by atoms with van der Waals surface area (Å²) in [5.74, 6) is -0.0138. The minimum absolute atomic E-state index is 0.0138. The van der Waals surface area contributed by atoms with Crippen LogP contribution in [0.3, 0.4) is 0 Å². The summed E-state index contributed by atoms with van der Waals surface area (Å²) >= 11 is 0. The molecule has 0 bridgehead atoms. The van der Waals surface area contributed by atoms with E-state index >= 15 is 0 Å². The van der Waals surface area contributed by atoms with Gasteiger partial charge in [0.15, 0.2) is 0 Å². The van der Waals surface area contributed by atoms with Crippen LogP contribution >= 0.6 is 0 Å². The molecule has 0 aromatic heterocycles. The zero-order valence-electron chi connectivity index (χ0n) is 11.3. The largest absolute Gasteiger partial charge is 0.463 e. The van der Waals surface area contributed by atoms with Gasteiger partial charge in [0, 0.05) is 6.42 Å². The topological polar surface area (TPSA) is 26.3 Å². The zero-order chi connectivity index (χ0) is 12.2. The third kappa shape index (κ3) is 10.0. The van der Waals surface area contributed by atoms with Crippen molar-refractivity contribution < 1.29 is 9.53 Å². The predicted molar refractivity (Wildman–Crippen MR) is 68.5 cm³/mol. The van der Waals surface area contributed by atoms with Gasteiger partial charge in [0.05, 0.1) is 6.10 Å². The highest BCUT2D eigenvalue weighted by atomic mass is 16.5. The fraction of sp³-hybridized carbons (Fsp3) is 0.929.